The molecule has 0 heterocycles. The molecule has 0 atom stereocenters. The van der Waals surface area contributed by atoms with Gasteiger partial charge in [-0.05, 0) is 25.0 Å². The first-order chi connectivity index (χ1) is 8.67. The molecule has 100 valence electrons. The molecule has 0 aromatic heterocycles. The van der Waals surface area contributed by atoms with E-state index in [0.29, 0.717) is 11.6 Å². The van der Waals surface area contributed by atoms with Gasteiger partial charge in [0.25, 0.3) is 0 Å². The van der Waals surface area contributed by atoms with Crippen LogP contribution in [0.3, 0.4) is 0 Å². The smallest absolute Gasteiger partial charge is 0.121 e. The number of halogens is 1. The van der Waals surface area contributed by atoms with Crippen molar-refractivity contribution in [2.45, 2.75) is 32.2 Å². The zero-order chi connectivity index (χ0) is 13.0. The van der Waals surface area contributed by atoms with Crippen LogP contribution in [0.15, 0.2) is 18.2 Å². The molecule has 1 aliphatic carbocycles. The van der Waals surface area contributed by atoms with Gasteiger partial charge in [0.1, 0.15) is 5.75 Å². The third kappa shape index (κ3) is 2.97. The van der Waals surface area contributed by atoms with Crippen molar-refractivity contribution < 1.29 is 10.2 Å². The summed E-state index contributed by atoms with van der Waals surface area (Å²) in [6.45, 7) is 1.54. The molecule has 3 nitrogen and oxygen atoms in total. The van der Waals surface area contributed by atoms with Gasteiger partial charge in [-0.25, -0.2) is 0 Å². The fourth-order valence-corrected chi connectivity index (χ4v) is 2.93. The minimum atomic E-state index is 0.0247. The predicted molar refractivity (Wildman–Crippen MR) is 72.8 cm³/mol. The van der Waals surface area contributed by atoms with Crippen LogP contribution in [0.25, 0.3) is 0 Å². The van der Waals surface area contributed by atoms with E-state index in [0.717, 1.165) is 24.9 Å². The average molecular weight is 270 g/mol. The van der Waals surface area contributed by atoms with Crippen LogP contribution >= 0.6 is 11.6 Å². The molecular formula is C14H20ClNO2. The van der Waals surface area contributed by atoms with E-state index in [1.807, 2.05) is 0 Å². The summed E-state index contributed by atoms with van der Waals surface area (Å²) >= 11 is 6.04. The van der Waals surface area contributed by atoms with Gasteiger partial charge in [-0.3, -0.25) is 0 Å². The van der Waals surface area contributed by atoms with Crippen molar-refractivity contribution in [2.24, 2.45) is 5.41 Å². The molecule has 4 heteroatoms. The fraction of sp³-hybridized carbons (Fsp3) is 0.571. The highest BCUT2D eigenvalue weighted by Gasteiger charge is 2.32. The Kier molecular flexibility index (Phi) is 4.49. The van der Waals surface area contributed by atoms with Crippen LogP contribution in [-0.2, 0) is 6.54 Å². The maximum Gasteiger partial charge on any atom is 0.121 e. The summed E-state index contributed by atoms with van der Waals surface area (Å²) in [6, 6.07) is 5.14. The first-order valence-corrected chi connectivity index (χ1v) is 6.83. The summed E-state index contributed by atoms with van der Waals surface area (Å²) in [4.78, 5) is 0. The van der Waals surface area contributed by atoms with Crippen LogP contribution < -0.4 is 5.32 Å². The monoisotopic (exact) mass is 269 g/mol. The van der Waals surface area contributed by atoms with Crippen LogP contribution in [0.5, 0.6) is 5.75 Å². The van der Waals surface area contributed by atoms with Crippen molar-refractivity contribution in [1.82, 2.24) is 5.32 Å². The van der Waals surface area contributed by atoms with Gasteiger partial charge < -0.3 is 15.5 Å². The fourth-order valence-electron chi connectivity index (χ4n) is 2.69. The number of benzene rings is 1. The van der Waals surface area contributed by atoms with Gasteiger partial charge in [-0.2, -0.15) is 0 Å². The topological polar surface area (TPSA) is 52.5 Å². The molecule has 3 N–H and O–H groups in total. The maximum atomic E-state index is 9.73. The van der Waals surface area contributed by atoms with Crippen LogP contribution in [-0.4, -0.2) is 23.4 Å². The third-order valence-corrected chi connectivity index (χ3v) is 4.25. The van der Waals surface area contributed by atoms with E-state index in [9.17, 15) is 10.2 Å². The zero-order valence-corrected chi connectivity index (χ0v) is 11.2. The molecule has 1 fully saturated rings. The number of phenols is 1. The lowest BCUT2D eigenvalue weighted by Crippen LogP contribution is -2.34. The highest BCUT2D eigenvalue weighted by molar-refractivity contribution is 6.31. The molecule has 1 aromatic carbocycles. The van der Waals surface area contributed by atoms with Crippen molar-refractivity contribution in [3.63, 3.8) is 0 Å². The van der Waals surface area contributed by atoms with Gasteiger partial charge in [-0.1, -0.05) is 30.5 Å². The first-order valence-electron chi connectivity index (χ1n) is 6.45. The summed E-state index contributed by atoms with van der Waals surface area (Å²) in [5.74, 6) is 0.222. The summed E-state index contributed by atoms with van der Waals surface area (Å²) in [5, 5.41) is 23.1. The number of aromatic hydroxyl groups is 1. The molecular weight excluding hydrogens is 250 g/mol. The van der Waals surface area contributed by atoms with E-state index in [2.05, 4.69) is 5.32 Å². The number of rotatable bonds is 5. The normalized spacial score (nSPS) is 18.1. The van der Waals surface area contributed by atoms with Crippen molar-refractivity contribution >= 4 is 11.6 Å². The second-order valence-corrected chi connectivity index (χ2v) is 5.61. The van der Waals surface area contributed by atoms with E-state index in [-0.39, 0.29) is 17.8 Å². The number of nitrogens with one attached hydrogen (secondary N) is 1. The lowest BCUT2D eigenvalue weighted by atomic mass is 9.87. The molecule has 1 aliphatic rings. The standard InChI is InChI=1S/C14H20ClNO2/c15-12-4-3-5-13(18)11(12)8-16-9-14(10-17)6-1-2-7-14/h3-5,16-18H,1-2,6-10H2. The van der Waals surface area contributed by atoms with E-state index in [4.69, 9.17) is 11.6 Å². The lowest BCUT2D eigenvalue weighted by molar-refractivity contribution is 0.128. The molecule has 0 spiro atoms. The maximum absolute atomic E-state index is 9.73. The van der Waals surface area contributed by atoms with Crippen LogP contribution in [0.4, 0.5) is 0 Å². The average Bonchev–Trinajstić information content (AvgIpc) is 2.82. The SMILES string of the molecule is OCC1(CNCc2c(O)cccc2Cl)CCCC1. The van der Waals surface area contributed by atoms with Crippen molar-refractivity contribution in [3.8, 4) is 5.75 Å². The second-order valence-electron chi connectivity index (χ2n) is 5.21. The number of hydrogen-bond acceptors (Lipinski definition) is 3. The molecule has 0 bridgehead atoms. The van der Waals surface area contributed by atoms with Crippen molar-refractivity contribution in [1.29, 1.82) is 0 Å². The highest BCUT2D eigenvalue weighted by Crippen LogP contribution is 2.37. The molecule has 0 radical (unpaired) electrons. The van der Waals surface area contributed by atoms with Crippen LogP contribution in [0.2, 0.25) is 5.02 Å². The highest BCUT2D eigenvalue weighted by atomic mass is 35.5. The Bertz CT molecular complexity index is 383. The van der Waals surface area contributed by atoms with Gasteiger partial charge in [0.2, 0.25) is 0 Å². The largest absolute Gasteiger partial charge is 0.508 e. The number of aliphatic hydroxyl groups excluding tert-OH is 1. The zero-order valence-electron chi connectivity index (χ0n) is 10.5. The molecule has 1 aromatic rings. The number of aliphatic hydroxyl groups is 1. The Morgan fingerprint density at radius 2 is 2.00 bits per heavy atom. The molecule has 18 heavy (non-hydrogen) atoms. The van der Waals surface area contributed by atoms with Crippen LogP contribution in [0.1, 0.15) is 31.2 Å². The Hall–Kier alpha value is -0.770. The van der Waals surface area contributed by atoms with Crippen LogP contribution in [0, 0.1) is 5.41 Å². The van der Waals surface area contributed by atoms with Gasteiger partial charge in [0, 0.05) is 35.7 Å². The lowest BCUT2D eigenvalue weighted by Gasteiger charge is -2.26. The summed E-state index contributed by atoms with van der Waals surface area (Å²) in [5.41, 5.74) is 0.752. The van der Waals surface area contributed by atoms with Gasteiger partial charge in [0.05, 0.1) is 0 Å². The molecule has 2 rings (SSSR count). The van der Waals surface area contributed by atoms with Crippen molar-refractivity contribution in [2.75, 3.05) is 13.2 Å². The first kappa shape index (κ1) is 13.7. The van der Waals surface area contributed by atoms with E-state index in [1.54, 1.807) is 18.2 Å². The minimum Gasteiger partial charge on any atom is -0.508 e. The summed E-state index contributed by atoms with van der Waals surface area (Å²) < 4.78 is 0. The Balaban J connectivity index is 1.92. The molecule has 0 aliphatic heterocycles. The Morgan fingerprint density at radius 3 is 2.61 bits per heavy atom. The van der Waals surface area contributed by atoms with Gasteiger partial charge in [0.15, 0.2) is 0 Å². The third-order valence-electron chi connectivity index (χ3n) is 3.90. The van der Waals surface area contributed by atoms with E-state index >= 15 is 0 Å². The predicted octanol–water partition coefficient (Wildman–Crippen LogP) is 2.69. The summed E-state index contributed by atoms with van der Waals surface area (Å²) in [7, 11) is 0. The number of hydrogen-bond donors (Lipinski definition) is 3. The van der Waals surface area contributed by atoms with E-state index < -0.39 is 0 Å². The summed E-state index contributed by atoms with van der Waals surface area (Å²) in [6.07, 6.45) is 4.54. The Labute approximate surface area is 113 Å². The molecule has 0 amide bonds. The quantitative estimate of drug-likeness (QED) is 0.770. The Morgan fingerprint density at radius 1 is 1.28 bits per heavy atom. The van der Waals surface area contributed by atoms with E-state index in [1.165, 1.54) is 12.8 Å². The van der Waals surface area contributed by atoms with Gasteiger partial charge >= 0.3 is 0 Å². The second kappa shape index (κ2) is 5.91. The van der Waals surface area contributed by atoms with Gasteiger partial charge in [-0.15, -0.1) is 0 Å². The number of phenolic OH excluding ortho intramolecular Hbond substituents is 1. The minimum absolute atomic E-state index is 0.0247. The molecule has 0 unspecified atom stereocenters. The molecule has 0 saturated heterocycles. The molecule has 1 saturated carbocycles. The van der Waals surface area contributed by atoms with Crippen molar-refractivity contribution in [3.05, 3.63) is 28.8 Å².